The average molecular weight is 464 g/mol. The van der Waals surface area contributed by atoms with Crippen LogP contribution < -0.4 is 0 Å². The molecule has 1 saturated heterocycles. The van der Waals surface area contributed by atoms with Crippen LogP contribution in [-0.4, -0.2) is 27.4 Å². The van der Waals surface area contributed by atoms with Gasteiger partial charge in [0.15, 0.2) is 17.9 Å². The minimum atomic E-state index is -0.858. The van der Waals surface area contributed by atoms with Crippen molar-refractivity contribution in [3.8, 4) is 22.3 Å². The summed E-state index contributed by atoms with van der Waals surface area (Å²) in [4.78, 5) is 0. The maximum Gasteiger partial charge on any atom is 0.166 e. The molecule has 3 aromatic rings. The van der Waals surface area contributed by atoms with Crippen LogP contribution in [0.15, 0.2) is 66.7 Å². The molecule has 3 aromatic carbocycles. The van der Waals surface area contributed by atoms with Crippen LogP contribution in [0.25, 0.3) is 22.3 Å². The number of hydrogen-bond donors (Lipinski definition) is 0. The van der Waals surface area contributed by atoms with E-state index in [2.05, 4.69) is 6.08 Å². The highest BCUT2D eigenvalue weighted by Crippen LogP contribution is 2.32. The Kier molecular flexibility index (Phi) is 7.91. The standard InChI is InChI=1S/C28H28BF3O2/c1-2-3-4-5-26-33-16-22(17-34-26)20-10-12-23(25(30)14-20)18-6-8-19(9-7-18)24-13-11-21(15-29)27(31)28(24)32/h2-3,6-14,22,26H,4-5,15-17,29H2,1H3/b3-2+. The van der Waals surface area contributed by atoms with Crippen LogP contribution in [-0.2, 0) is 15.8 Å². The van der Waals surface area contributed by atoms with Crippen LogP contribution in [0.1, 0.15) is 36.8 Å². The molecule has 0 aliphatic carbocycles. The van der Waals surface area contributed by atoms with Crippen LogP contribution >= 0.6 is 0 Å². The molecule has 0 aromatic heterocycles. The van der Waals surface area contributed by atoms with Crippen LogP contribution in [0.5, 0.6) is 0 Å². The van der Waals surface area contributed by atoms with E-state index in [0.29, 0.717) is 41.8 Å². The van der Waals surface area contributed by atoms with Crippen LogP contribution in [0.3, 0.4) is 0 Å². The van der Waals surface area contributed by atoms with Gasteiger partial charge in [0.05, 0.1) is 13.2 Å². The van der Waals surface area contributed by atoms with E-state index in [-0.39, 0.29) is 23.6 Å². The summed E-state index contributed by atoms with van der Waals surface area (Å²) in [6, 6.07) is 15.2. The fourth-order valence-electron chi connectivity index (χ4n) is 4.24. The summed E-state index contributed by atoms with van der Waals surface area (Å²) < 4.78 is 55.3. The highest BCUT2D eigenvalue weighted by Gasteiger charge is 2.24. The van der Waals surface area contributed by atoms with E-state index in [1.54, 1.807) is 50.3 Å². The van der Waals surface area contributed by atoms with Crippen molar-refractivity contribution in [2.24, 2.45) is 0 Å². The van der Waals surface area contributed by atoms with Gasteiger partial charge in [0.2, 0.25) is 0 Å². The molecular formula is C28H28BF3O2. The number of hydrogen-bond acceptors (Lipinski definition) is 2. The first-order valence-electron chi connectivity index (χ1n) is 11.7. The lowest BCUT2D eigenvalue weighted by Crippen LogP contribution is -2.30. The second kappa shape index (κ2) is 11.1. The molecule has 0 amide bonds. The largest absolute Gasteiger partial charge is 0.352 e. The molecule has 0 unspecified atom stereocenters. The summed E-state index contributed by atoms with van der Waals surface area (Å²) in [7, 11) is 1.78. The highest BCUT2D eigenvalue weighted by molar-refractivity contribution is 6.08. The highest BCUT2D eigenvalue weighted by atomic mass is 19.2. The van der Waals surface area contributed by atoms with Crippen LogP contribution in [0, 0.1) is 17.5 Å². The monoisotopic (exact) mass is 464 g/mol. The quantitative estimate of drug-likeness (QED) is 0.298. The van der Waals surface area contributed by atoms with E-state index in [1.165, 1.54) is 6.07 Å². The molecule has 6 heteroatoms. The van der Waals surface area contributed by atoms with E-state index in [9.17, 15) is 13.2 Å². The third-order valence-corrected chi connectivity index (χ3v) is 6.29. The Bertz CT molecular complexity index is 1150. The van der Waals surface area contributed by atoms with Gasteiger partial charge in [-0.15, -0.1) is 0 Å². The Morgan fingerprint density at radius 3 is 2.15 bits per heavy atom. The molecular weight excluding hydrogens is 436 g/mol. The van der Waals surface area contributed by atoms with Gasteiger partial charge >= 0.3 is 0 Å². The number of halogens is 3. The SMILES string of the molecule is BCc1ccc(-c2ccc(-c3ccc(C4COC(CC/C=C/C)OC4)cc3F)cc2)c(F)c1F. The zero-order valence-corrected chi connectivity index (χ0v) is 19.5. The smallest absolute Gasteiger partial charge is 0.166 e. The van der Waals surface area contributed by atoms with Crippen molar-refractivity contribution in [1.82, 2.24) is 0 Å². The molecule has 0 saturated carbocycles. The van der Waals surface area contributed by atoms with Gasteiger partial charge in [-0.2, -0.15) is 0 Å². The number of benzene rings is 3. The van der Waals surface area contributed by atoms with E-state index in [1.807, 2.05) is 19.1 Å². The normalized spacial score (nSPS) is 18.5. The first-order valence-corrected chi connectivity index (χ1v) is 11.7. The predicted octanol–water partition coefficient (Wildman–Crippen LogP) is 6.38. The molecule has 0 atom stereocenters. The Labute approximate surface area is 199 Å². The maximum atomic E-state index is 15.0. The van der Waals surface area contributed by atoms with Crippen molar-refractivity contribution in [3.05, 3.63) is 95.3 Å². The lowest BCUT2D eigenvalue weighted by Gasteiger charge is -2.29. The zero-order valence-electron chi connectivity index (χ0n) is 19.5. The number of rotatable bonds is 7. The van der Waals surface area contributed by atoms with Crippen LogP contribution in [0.2, 0.25) is 0 Å². The fraction of sp³-hybridized carbons (Fsp3) is 0.286. The van der Waals surface area contributed by atoms with E-state index >= 15 is 0 Å². The third-order valence-electron chi connectivity index (χ3n) is 6.29. The minimum absolute atomic E-state index is 0.0205. The molecule has 0 N–H and O–H groups in total. The summed E-state index contributed by atoms with van der Waals surface area (Å²) >= 11 is 0. The first kappa shape index (κ1) is 24.3. The van der Waals surface area contributed by atoms with Gasteiger partial charge in [0.25, 0.3) is 0 Å². The van der Waals surface area contributed by atoms with Crippen molar-refractivity contribution in [3.63, 3.8) is 0 Å². The second-order valence-electron chi connectivity index (χ2n) is 8.51. The molecule has 1 aliphatic heterocycles. The van der Waals surface area contributed by atoms with Crippen molar-refractivity contribution >= 4 is 7.85 Å². The Balaban J connectivity index is 1.46. The van der Waals surface area contributed by atoms with Gasteiger partial charge in [0, 0.05) is 23.5 Å². The van der Waals surface area contributed by atoms with Gasteiger partial charge in [0.1, 0.15) is 13.7 Å². The minimum Gasteiger partial charge on any atom is -0.352 e. The molecule has 34 heavy (non-hydrogen) atoms. The van der Waals surface area contributed by atoms with Gasteiger partial charge in [-0.25, -0.2) is 13.2 Å². The van der Waals surface area contributed by atoms with E-state index < -0.39 is 11.6 Å². The summed E-state index contributed by atoms with van der Waals surface area (Å²) in [5.41, 5.74) is 3.03. The molecule has 1 fully saturated rings. The molecule has 0 radical (unpaired) electrons. The van der Waals surface area contributed by atoms with Crippen molar-refractivity contribution < 1.29 is 22.6 Å². The molecule has 0 spiro atoms. The zero-order chi connectivity index (χ0) is 24.1. The Morgan fingerprint density at radius 1 is 0.882 bits per heavy atom. The molecule has 1 aliphatic rings. The Hall–Kier alpha value is -2.83. The molecule has 176 valence electrons. The first-order chi connectivity index (χ1) is 16.5. The fourth-order valence-corrected chi connectivity index (χ4v) is 4.24. The summed E-state index contributed by atoms with van der Waals surface area (Å²) in [6.07, 6.45) is 6.00. The summed E-state index contributed by atoms with van der Waals surface area (Å²) in [5, 5.41) is 0. The molecule has 2 nitrogen and oxygen atoms in total. The molecule has 1 heterocycles. The lowest BCUT2D eigenvalue weighted by atomic mass is 9.93. The third kappa shape index (κ3) is 5.29. The van der Waals surface area contributed by atoms with E-state index in [0.717, 1.165) is 18.4 Å². The maximum absolute atomic E-state index is 15.0. The van der Waals surface area contributed by atoms with Gasteiger partial charge in [-0.1, -0.05) is 67.0 Å². The Morgan fingerprint density at radius 2 is 1.53 bits per heavy atom. The topological polar surface area (TPSA) is 18.5 Å². The van der Waals surface area contributed by atoms with E-state index in [4.69, 9.17) is 9.47 Å². The van der Waals surface area contributed by atoms with Crippen molar-refractivity contribution in [1.29, 1.82) is 0 Å². The van der Waals surface area contributed by atoms with Crippen molar-refractivity contribution in [2.45, 2.75) is 38.3 Å². The molecule has 0 bridgehead atoms. The lowest BCUT2D eigenvalue weighted by molar-refractivity contribution is -0.189. The van der Waals surface area contributed by atoms with Crippen LogP contribution in [0.4, 0.5) is 13.2 Å². The summed E-state index contributed by atoms with van der Waals surface area (Å²) in [6.45, 7) is 2.97. The van der Waals surface area contributed by atoms with Gasteiger partial charge in [-0.3, -0.25) is 0 Å². The number of allylic oxidation sites excluding steroid dienone is 2. The van der Waals surface area contributed by atoms with Crippen molar-refractivity contribution in [2.75, 3.05) is 13.2 Å². The average Bonchev–Trinajstić information content (AvgIpc) is 2.86. The van der Waals surface area contributed by atoms with Gasteiger partial charge in [-0.05, 0) is 41.7 Å². The van der Waals surface area contributed by atoms with Gasteiger partial charge < -0.3 is 9.47 Å². The number of ether oxygens (including phenoxy) is 2. The summed E-state index contributed by atoms with van der Waals surface area (Å²) in [5.74, 6) is -2.04. The molecule has 4 rings (SSSR count). The predicted molar refractivity (Wildman–Crippen MR) is 132 cm³/mol. The second-order valence-corrected chi connectivity index (χ2v) is 8.51.